The van der Waals surface area contributed by atoms with Crippen molar-refractivity contribution in [1.29, 1.82) is 0 Å². The van der Waals surface area contributed by atoms with Gasteiger partial charge in [-0.3, -0.25) is 0 Å². The van der Waals surface area contributed by atoms with Crippen LogP contribution in [0.3, 0.4) is 0 Å². The van der Waals surface area contributed by atoms with Crippen molar-refractivity contribution < 1.29 is 4.74 Å². The second-order valence-corrected chi connectivity index (χ2v) is 4.37. The molecule has 0 heterocycles. The molecule has 0 aromatic heterocycles. The molecule has 0 aliphatic rings. The summed E-state index contributed by atoms with van der Waals surface area (Å²) in [6, 6.07) is 10.4. The van der Waals surface area contributed by atoms with E-state index in [1.807, 2.05) is 13.1 Å². The standard InChI is InChI=1S/C13H21NO/c1-13(2,11-14-3)15-10-9-12-7-5-4-6-8-12/h4-8,14H,9-11H2,1-3H3. The second-order valence-electron chi connectivity index (χ2n) is 4.37. The minimum absolute atomic E-state index is 0.0798. The first-order valence-electron chi connectivity index (χ1n) is 5.46. The van der Waals surface area contributed by atoms with Gasteiger partial charge in [0.1, 0.15) is 0 Å². The lowest BCUT2D eigenvalue weighted by molar-refractivity contribution is -0.0133. The highest BCUT2D eigenvalue weighted by Crippen LogP contribution is 2.08. The lowest BCUT2D eigenvalue weighted by atomic mass is 10.1. The molecule has 0 spiro atoms. The van der Waals surface area contributed by atoms with Gasteiger partial charge in [0.15, 0.2) is 0 Å². The molecule has 2 nitrogen and oxygen atoms in total. The van der Waals surface area contributed by atoms with Gasteiger partial charge >= 0.3 is 0 Å². The molecular formula is C13H21NO. The third-order valence-corrected chi connectivity index (χ3v) is 2.33. The molecule has 0 radical (unpaired) electrons. The van der Waals surface area contributed by atoms with Crippen LogP contribution in [0.4, 0.5) is 0 Å². The average Bonchev–Trinajstić information content (AvgIpc) is 2.19. The lowest BCUT2D eigenvalue weighted by Gasteiger charge is -2.24. The van der Waals surface area contributed by atoms with Gasteiger partial charge in [0.2, 0.25) is 0 Å². The topological polar surface area (TPSA) is 21.3 Å². The SMILES string of the molecule is CNCC(C)(C)OCCc1ccccc1. The number of hydrogen-bond acceptors (Lipinski definition) is 2. The van der Waals surface area contributed by atoms with E-state index in [1.54, 1.807) is 0 Å². The molecule has 1 aromatic rings. The molecular weight excluding hydrogens is 186 g/mol. The molecule has 0 atom stereocenters. The number of rotatable bonds is 6. The van der Waals surface area contributed by atoms with Gasteiger partial charge < -0.3 is 10.1 Å². The van der Waals surface area contributed by atoms with Crippen LogP contribution < -0.4 is 5.32 Å². The Labute approximate surface area is 92.6 Å². The largest absolute Gasteiger partial charge is 0.374 e. The first-order valence-corrected chi connectivity index (χ1v) is 5.46. The normalized spacial score (nSPS) is 11.7. The molecule has 1 rings (SSSR count). The zero-order valence-electron chi connectivity index (χ0n) is 9.92. The van der Waals surface area contributed by atoms with Crippen LogP contribution in [0, 0.1) is 0 Å². The number of likely N-dealkylation sites (N-methyl/N-ethyl adjacent to an activating group) is 1. The highest BCUT2D eigenvalue weighted by Gasteiger charge is 2.16. The van der Waals surface area contributed by atoms with E-state index in [-0.39, 0.29) is 5.60 Å². The quantitative estimate of drug-likeness (QED) is 0.772. The minimum Gasteiger partial charge on any atom is -0.374 e. The van der Waals surface area contributed by atoms with Crippen molar-refractivity contribution in [3.8, 4) is 0 Å². The summed E-state index contributed by atoms with van der Waals surface area (Å²) < 4.78 is 5.81. The molecule has 84 valence electrons. The molecule has 0 saturated carbocycles. The van der Waals surface area contributed by atoms with Crippen molar-refractivity contribution in [3.05, 3.63) is 35.9 Å². The van der Waals surface area contributed by atoms with E-state index < -0.39 is 0 Å². The average molecular weight is 207 g/mol. The molecule has 1 aromatic carbocycles. The van der Waals surface area contributed by atoms with Gasteiger partial charge in [0.25, 0.3) is 0 Å². The van der Waals surface area contributed by atoms with Crippen LogP contribution in [0.15, 0.2) is 30.3 Å². The number of hydrogen-bond donors (Lipinski definition) is 1. The Balaban J connectivity index is 2.27. The molecule has 0 saturated heterocycles. The summed E-state index contributed by atoms with van der Waals surface area (Å²) in [5.74, 6) is 0. The van der Waals surface area contributed by atoms with Crippen molar-refractivity contribution in [1.82, 2.24) is 5.32 Å². The van der Waals surface area contributed by atoms with Gasteiger partial charge in [-0.05, 0) is 32.9 Å². The van der Waals surface area contributed by atoms with Crippen LogP contribution in [-0.2, 0) is 11.2 Å². The lowest BCUT2D eigenvalue weighted by Crippen LogP contribution is -2.36. The maximum absolute atomic E-state index is 5.81. The minimum atomic E-state index is -0.0798. The van der Waals surface area contributed by atoms with Crippen LogP contribution in [0.2, 0.25) is 0 Å². The van der Waals surface area contributed by atoms with E-state index in [4.69, 9.17) is 4.74 Å². The Hall–Kier alpha value is -0.860. The van der Waals surface area contributed by atoms with Gasteiger partial charge in [-0.1, -0.05) is 30.3 Å². The molecule has 0 amide bonds. The maximum Gasteiger partial charge on any atom is 0.0750 e. The van der Waals surface area contributed by atoms with Crippen molar-refractivity contribution in [2.45, 2.75) is 25.9 Å². The monoisotopic (exact) mass is 207 g/mol. The zero-order chi connectivity index (χ0) is 11.1. The Morgan fingerprint density at radius 3 is 2.47 bits per heavy atom. The first kappa shape index (κ1) is 12.2. The van der Waals surface area contributed by atoms with Crippen LogP contribution in [0.1, 0.15) is 19.4 Å². The number of nitrogens with one attached hydrogen (secondary N) is 1. The number of ether oxygens (including phenoxy) is 1. The summed E-state index contributed by atoms with van der Waals surface area (Å²) in [5, 5.41) is 3.13. The molecule has 0 aliphatic carbocycles. The van der Waals surface area contributed by atoms with E-state index in [0.717, 1.165) is 19.6 Å². The van der Waals surface area contributed by atoms with E-state index in [9.17, 15) is 0 Å². The molecule has 1 N–H and O–H groups in total. The molecule has 0 bridgehead atoms. The summed E-state index contributed by atoms with van der Waals surface area (Å²) in [6.07, 6.45) is 0.980. The van der Waals surface area contributed by atoms with Crippen molar-refractivity contribution >= 4 is 0 Å². The summed E-state index contributed by atoms with van der Waals surface area (Å²) in [5.41, 5.74) is 1.25. The third-order valence-electron chi connectivity index (χ3n) is 2.33. The van der Waals surface area contributed by atoms with Gasteiger partial charge in [-0.2, -0.15) is 0 Å². The fraction of sp³-hybridized carbons (Fsp3) is 0.538. The van der Waals surface area contributed by atoms with E-state index in [1.165, 1.54) is 5.56 Å². The van der Waals surface area contributed by atoms with Crippen LogP contribution in [-0.4, -0.2) is 25.8 Å². The fourth-order valence-electron chi connectivity index (χ4n) is 1.57. The molecule has 2 heteroatoms. The molecule has 0 aliphatic heterocycles. The maximum atomic E-state index is 5.81. The predicted molar refractivity (Wildman–Crippen MR) is 64.1 cm³/mol. The Kier molecular flexibility index (Phi) is 4.79. The Morgan fingerprint density at radius 1 is 1.20 bits per heavy atom. The fourth-order valence-corrected chi connectivity index (χ4v) is 1.57. The van der Waals surface area contributed by atoms with E-state index in [0.29, 0.717) is 0 Å². The smallest absolute Gasteiger partial charge is 0.0750 e. The van der Waals surface area contributed by atoms with Crippen molar-refractivity contribution in [3.63, 3.8) is 0 Å². The van der Waals surface area contributed by atoms with Gasteiger partial charge in [-0.15, -0.1) is 0 Å². The van der Waals surface area contributed by atoms with Gasteiger partial charge in [-0.25, -0.2) is 0 Å². The summed E-state index contributed by atoms with van der Waals surface area (Å²) >= 11 is 0. The van der Waals surface area contributed by atoms with Gasteiger partial charge in [0, 0.05) is 6.54 Å². The van der Waals surface area contributed by atoms with E-state index in [2.05, 4.69) is 43.4 Å². The second kappa shape index (κ2) is 5.89. The van der Waals surface area contributed by atoms with Crippen molar-refractivity contribution in [2.24, 2.45) is 0 Å². The van der Waals surface area contributed by atoms with Crippen LogP contribution in [0.25, 0.3) is 0 Å². The van der Waals surface area contributed by atoms with E-state index >= 15 is 0 Å². The van der Waals surface area contributed by atoms with Crippen LogP contribution in [0.5, 0.6) is 0 Å². The Bertz CT molecular complexity index is 269. The zero-order valence-corrected chi connectivity index (χ0v) is 9.92. The molecule has 0 fully saturated rings. The predicted octanol–water partition coefficient (Wildman–Crippen LogP) is 2.24. The van der Waals surface area contributed by atoms with Crippen LogP contribution >= 0.6 is 0 Å². The van der Waals surface area contributed by atoms with Gasteiger partial charge in [0.05, 0.1) is 12.2 Å². The summed E-state index contributed by atoms with van der Waals surface area (Å²) in [6.45, 7) is 5.86. The highest BCUT2D eigenvalue weighted by molar-refractivity contribution is 5.14. The third kappa shape index (κ3) is 4.96. The molecule has 15 heavy (non-hydrogen) atoms. The summed E-state index contributed by atoms with van der Waals surface area (Å²) in [4.78, 5) is 0. The van der Waals surface area contributed by atoms with Crippen molar-refractivity contribution in [2.75, 3.05) is 20.2 Å². The summed E-state index contributed by atoms with van der Waals surface area (Å²) in [7, 11) is 1.95. The molecule has 0 unspecified atom stereocenters. The first-order chi connectivity index (χ1) is 7.14. The Morgan fingerprint density at radius 2 is 1.87 bits per heavy atom. The highest BCUT2D eigenvalue weighted by atomic mass is 16.5. The number of benzene rings is 1.